The van der Waals surface area contributed by atoms with Gasteiger partial charge < -0.3 is 0 Å². The molecule has 0 aliphatic rings. The Bertz CT molecular complexity index is 627. The molecule has 0 unspecified atom stereocenters. The minimum atomic E-state index is -4.47. The molecule has 0 saturated heterocycles. The summed E-state index contributed by atoms with van der Waals surface area (Å²) in [6.07, 6.45) is -4.47. The summed E-state index contributed by atoms with van der Waals surface area (Å²) in [4.78, 5) is 2.66. The zero-order valence-corrected chi connectivity index (χ0v) is 13.9. The van der Waals surface area contributed by atoms with Gasteiger partial charge in [0.2, 0.25) is 0 Å². The number of aryl methyl sites for hydroxylation is 1. The van der Waals surface area contributed by atoms with E-state index in [0.29, 0.717) is 5.56 Å². The van der Waals surface area contributed by atoms with Crippen molar-refractivity contribution in [1.29, 1.82) is 0 Å². The number of thiophene rings is 1. The summed E-state index contributed by atoms with van der Waals surface area (Å²) in [6, 6.07) is 3.61. The first-order valence-electron chi connectivity index (χ1n) is 5.22. The van der Waals surface area contributed by atoms with E-state index in [1.54, 1.807) is 0 Å². The maximum Gasteiger partial charge on any atom is 0.416 e. The van der Waals surface area contributed by atoms with E-state index in [1.165, 1.54) is 22.1 Å². The molecule has 2 aromatic rings. The lowest BCUT2D eigenvalue weighted by molar-refractivity contribution is -0.137. The lowest BCUT2D eigenvalue weighted by Crippen LogP contribution is -2.05. The molecule has 0 N–H and O–H groups in total. The van der Waals surface area contributed by atoms with Gasteiger partial charge in [-0.05, 0) is 25.1 Å². The summed E-state index contributed by atoms with van der Waals surface area (Å²) in [7, 11) is 1.27. The van der Waals surface area contributed by atoms with Crippen molar-refractivity contribution in [2.75, 3.05) is 0 Å². The maximum absolute atomic E-state index is 12.7. The highest BCUT2D eigenvalue weighted by Crippen LogP contribution is 2.45. The van der Waals surface area contributed by atoms with Gasteiger partial charge in [0.15, 0.2) is 0 Å². The van der Waals surface area contributed by atoms with Gasteiger partial charge in [-0.25, -0.2) is 0 Å². The van der Waals surface area contributed by atoms with Gasteiger partial charge in [-0.1, -0.05) is 34.0 Å². The fourth-order valence-electron chi connectivity index (χ4n) is 1.65. The summed E-state index contributed by atoms with van der Waals surface area (Å²) in [5.74, 6) is 0. The van der Waals surface area contributed by atoms with Crippen LogP contribution in [0.2, 0.25) is 10.0 Å². The predicted molar refractivity (Wildman–Crippen MR) is 84.4 cm³/mol. The van der Waals surface area contributed by atoms with Gasteiger partial charge in [0.05, 0.1) is 15.6 Å². The third-order valence-corrected chi connectivity index (χ3v) is 5.59. The molecule has 2 rings (SSSR count). The van der Waals surface area contributed by atoms with Crippen molar-refractivity contribution in [3.05, 3.63) is 38.7 Å². The van der Waals surface area contributed by atoms with Crippen LogP contribution in [-0.2, 0) is 6.18 Å². The van der Waals surface area contributed by atoms with Gasteiger partial charge in [-0.3, -0.25) is 0 Å². The van der Waals surface area contributed by atoms with Gasteiger partial charge in [0.1, 0.15) is 0 Å². The van der Waals surface area contributed by atoms with Crippen molar-refractivity contribution in [2.45, 2.75) is 18.0 Å². The van der Waals surface area contributed by atoms with Crippen molar-refractivity contribution in [3.8, 4) is 10.4 Å². The SMILES string of the molecule is Cc1sc(-c2c(Cl)cc(C(F)(F)F)cc2Cl)cc1SS. The van der Waals surface area contributed by atoms with Crippen LogP contribution in [0.3, 0.4) is 0 Å². The number of alkyl halides is 3. The highest BCUT2D eigenvalue weighted by Gasteiger charge is 2.32. The molecule has 0 amide bonds. The Balaban J connectivity index is 2.58. The lowest BCUT2D eigenvalue weighted by atomic mass is 10.1. The average molecular weight is 375 g/mol. The third kappa shape index (κ3) is 3.25. The van der Waals surface area contributed by atoms with E-state index in [2.05, 4.69) is 11.7 Å². The topological polar surface area (TPSA) is 0 Å². The molecular formula is C12H7Cl2F3S3. The minimum Gasteiger partial charge on any atom is -0.166 e. The molecule has 1 heterocycles. The Kier molecular flexibility index (Phi) is 4.91. The summed E-state index contributed by atoms with van der Waals surface area (Å²) in [6.45, 7) is 1.90. The lowest BCUT2D eigenvalue weighted by Gasteiger charge is -2.11. The van der Waals surface area contributed by atoms with Gasteiger partial charge in [0.25, 0.3) is 0 Å². The zero-order chi connectivity index (χ0) is 15.1. The van der Waals surface area contributed by atoms with Gasteiger partial charge in [-0.2, -0.15) is 13.2 Å². The first kappa shape index (κ1) is 16.4. The van der Waals surface area contributed by atoms with Crippen LogP contribution in [0, 0.1) is 6.92 Å². The van der Waals surface area contributed by atoms with E-state index >= 15 is 0 Å². The number of benzene rings is 1. The molecule has 0 radical (unpaired) electrons. The Morgan fingerprint density at radius 3 is 2.10 bits per heavy atom. The zero-order valence-electron chi connectivity index (χ0n) is 9.89. The second kappa shape index (κ2) is 6.01. The normalized spacial score (nSPS) is 11.9. The molecule has 0 nitrogen and oxygen atoms in total. The molecule has 8 heteroatoms. The molecule has 0 bridgehead atoms. The van der Waals surface area contributed by atoms with E-state index in [4.69, 9.17) is 23.2 Å². The van der Waals surface area contributed by atoms with Crippen LogP contribution in [0.25, 0.3) is 10.4 Å². The second-order valence-corrected chi connectivity index (χ2v) is 7.18. The Hall–Kier alpha value is -0.0100. The minimum absolute atomic E-state index is 0.0122. The molecule has 108 valence electrons. The van der Waals surface area contributed by atoms with Crippen LogP contribution in [-0.4, -0.2) is 0 Å². The van der Waals surface area contributed by atoms with Gasteiger partial charge in [0, 0.05) is 20.2 Å². The smallest absolute Gasteiger partial charge is 0.166 e. The van der Waals surface area contributed by atoms with Gasteiger partial charge >= 0.3 is 6.18 Å². The van der Waals surface area contributed by atoms with Crippen molar-refractivity contribution in [3.63, 3.8) is 0 Å². The van der Waals surface area contributed by atoms with Crippen LogP contribution in [0.1, 0.15) is 10.4 Å². The molecule has 0 aliphatic carbocycles. The predicted octanol–water partition coefficient (Wildman–Crippen LogP) is 6.99. The van der Waals surface area contributed by atoms with Crippen LogP contribution in [0.4, 0.5) is 13.2 Å². The molecular weight excluding hydrogens is 368 g/mol. The first-order valence-corrected chi connectivity index (χ1v) is 8.66. The van der Waals surface area contributed by atoms with Crippen LogP contribution < -0.4 is 0 Å². The summed E-state index contributed by atoms with van der Waals surface area (Å²) in [5.41, 5.74) is -0.434. The van der Waals surface area contributed by atoms with E-state index in [-0.39, 0.29) is 10.0 Å². The van der Waals surface area contributed by atoms with E-state index in [1.807, 2.05) is 13.0 Å². The molecule has 20 heavy (non-hydrogen) atoms. The van der Waals surface area contributed by atoms with E-state index < -0.39 is 11.7 Å². The standard InChI is InChI=1S/C12H7Cl2F3S3/c1-5-9(20-18)4-10(19-5)11-7(13)2-6(3-8(11)14)12(15,16)17/h2-4,18H,1H3. The molecule has 0 fully saturated rings. The number of hydrogen-bond donors (Lipinski definition) is 1. The van der Waals surface area contributed by atoms with Crippen LogP contribution in [0.15, 0.2) is 23.1 Å². The van der Waals surface area contributed by atoms with Gasteiger partial charge in [-0.15, -0.1) is 23.0 Å². The number of halogens is 5. The largest absolute Gasteiger partial charge is 0.416 e. The maximum atomic E-state index is 12.7. The average Bonchev–Trinajstić information content (AvgIpc) is 2.68. The molecule has 0 saturated carbocycles. The summed E-state index contributed by atoms with van der Waals surface area (Å²) >= 11 is 17.5. The van der Waals surface area contributed by atoms with Crippen molar-refractivity contribution < 1.29 is 13.2 Å². The van der Waals surface area contributed by atoms with Crippen molar-refractivity contribution >= 4 is 57.0 Å². The second-order valence-electron chi connectivity index (χ2n) is 3.94. The first-order chi connectivity index (χ1) is 9.24. The monoisotopic (exact) mass is 374 g/mol. The molecule has 1 aromatic carbocycles. The van der Waals surface area contributed by atoms with Crippen molar-refractivity contribution in [1.82, 2.24) is 0 Å². The van der Waals surface area contributed by atoms with E-state index in [0.717, 1.165) is 26.8 Å². The van der Waals surface area contributed by atoms with E-state index in [9.17, 15) is 13.2 Å². The highest BCUT2D eigenvalue weighted by molar-refractivity contribution is 8.68. The van der Waals surface area contributed by atoms with Crippen molar-refractivity contribution in [2.24, 2.45) is 0 Å². The molecule has 0 atom stereocenters. The highest BCUT2D eigenvalue weighted by atomic mass is 35.5. The quantitative estimate of drug-likeness (QED) is 0.436. The van der Waals surface area contributed by atoms with Crippen LogP contribution >= 0.6 is 57.0 Å². The Labute approximate surface area is 137 Å². The fourth-order valence-corrected chi connectivity index (χ4v) is 4.82. The Morgan fingerprint density at radius 1 is 1.15 bits per heavy atom. The number of hydrogen-bond acceptors (Lipinski definition) is 3. The third-order valence-electron chi connectivity index (χ3n) is 2.59. The Morgan fingerprint density at radius 2 is 1.70 bits per heavy atom. The molecule has 0 spiro atoms. The number of thiol groups is 1. The number of rotatable bonds is 2. The fraction of sp³-hybridized carbons (Fsp3) is 0.167. The summed E-state index contributed by atoms with van der Waals surface area (Å²) < 4.78 is 38.0. The summed E-state index contributed by atoms with van der Waals surface area (Å²) in [5, 5.41) is -0.0245. The molecule has 1 aromatic heterocycles. The molecule has 0 aliphatic heterocycles. The van der Waals surface area contributed by atoms with Crippen LogP contribution in [0.5, 0.6) is 0 Å².